The van der Waals surface area contributed by atoms with E-state index in [-0.39, 0.29) is 49.5 Å². The fourth-order valence-electron chi connectivity index (χ4n) is 4.11. The number of hydrogen-bond donors (Lipinski definition) is 3. The molecule has 0 aliphatic rings. The molecule has 16 nitrogen and oxygen atoms in total. The summed E-state index contributed by atoms with van der Waals surface area (Å²) in [5, 5.41) is 22.5. The molecule has 17 heteroatoms. The first-order chi connectivity index (χ1) is 22.9. The van der Waals surface area contributed by atoms with Gasteiger partial charge in [-0.25, -0.2) is 18.0 Å². The standard InChI is InChI=1S/C31H36N2O14S/c1-41-21-17-24(43-3)22(25(18-21)44-4)12-15-48(39,40)19-20-8-9-23(42-2)26(16-20)46-31(38)45-14-13-32-27(34)6-5-7-30(37)47-33-28(35)10-11-29(33)36/h8-12,15-18,35-36H,5-7,13-14,19H2,1-4H3,(H,32,34). The summed E-state index contributed by atoms with van der Waals surface area (Å²) < 4.78 is 57.8. The Morgan fingerprint density at radius 1 is 0.833 bits per heavy atom. The third-order valence-corrected chi connectivity index (χ3v) is 7.69. The molecule has 0 aliphatic heterocycles. The number of rotatable bonds is 17. The quantitative estimate of drug-likeness (QED) is 0.106. The number of nitrogens with one attached hydrogen (secondary N) is 1. The van der Waals surface area contributed by atoms with Gasteiger partial charge in [0.2, 0.25) is 17.7 Å². The van der Waals surface area contributed by atoms with Gasteiger partial charge in [-0.1, -0.05) is 6.07 Å². The predicted octanol–water partition coefficient (Wildman–Crippen LogP) is 2.98. The summed E-state index contributed by atoms with van der Waals surface area (Å²) in [6.07, 6.45) is 0.119. The monoisotopic (exact) mass is 692 g/mol. The third-order valence-electron chi connectivity index (χ3n) is 6.40. The van der Waals surface area contributed by atoms with E-state index < -0.39 is 45.4 Å². The summed E-state index contributed by atoms with van der Waals surface area (Å²) in [5.74, 6) is -1.38. The number of nitrogens with zero attached hydrogens (tertiary/aromatic N) is 1. The van der Waals surface area contributed by atoms with Crippen molar-refractivity contribution >= 4 is 33.9 Å². The maximum atomic E-state index is 13.0. The predicted molar refractivity (Wildman–Crippen MR) is 169 cm³/mol. The van der Waals surface area contributed by atoms with Crippen LogP contribution in [0.1, 0.15) is 30.4 Å². The maximum Gasteiger partial charge on any atom is 0.514 e. The van der Waals surface area contributed by atoms with Gasteiger partial charge >= 0.3 is 12.1 Å². The van der Waals surface area contributed by atoms with Crippen LogP contribution in [0.15, 0.2) is 47.9 Å². The molecule has 0 spiro atoms. The number of amides is 1. The number of carbonyl (C=O) groups excluding carboxylic acids is 3. The van der Waals surface area contributed by atoms with E-state index in [9.17, 15) is 33.0 Å². The van der Waals surface area contributed by atoms with Crippen LogP contribution in [0.3, 0.4) is 0 Å². The van der Waals surface area contributed by atoms with E-state index in [1.54, 1.807) is 12.1 Å². The van der Waals surface area contributed by atoms with Gasteiger partial charge in [0.15, 0.2) is 21.3 Å². The zero-order chi connectivity index (χ0) is 35.3. The lowest BCUT2D eigenvalue weighted by Crippen LogP contribution is -2.28. The number of sulfone groups is 1. The summed E-state index contributed by atoms with van der Waals surface area (Å²) in [6, 6.07) is 9.71. The van der Waals surface area contributed by atoms with E-state index in [0.29, 0.717) is 27.5 Å². The van der Waals surface area contributed by atoms with Crippen LogP contribution in [0.4, 0.5) is 4.79 Å². The van der Waals surface area contributed by atoms with Gasteiger partial charge in [-0.2, -0.15) is 0 Å². The van der Waals surface area contributed by atoms with Crippen molar-refractivity contribution in [2.24, 2.45) is 0 Å². The highest BCUT2D eigenvalue weighted by Gasteiger charge is 2.18. The van der Waals surface area contributed by atoms with E-state index in [4.69, 9.17) is 33.3 Å². The van der Waals surface area contributed by atoms with Gasteiger partial charge in [-0.3, -0.25) is 4.79 Å². The Morgan fingerprint density at radius 3 is 2.08 bits per heavy atom. The Bertz CT molecular complexity index is 1690. The van der Waals surface area contributed by atoms with Gasteiger partial charge < -0.3 is 48.8 Å². The van der Waals surface area contributed by atoms with Crippen molar-refractivity contribution in [3.8, 4) is 40.5 Å². The molecule has 1 aromatic heterocycles. The first-order valence-corrected chi connectivity index (χ1v) is 15.9. The van der Waals surface area contributed by atoms with Gasteiger partial charge in [0.1, 0.15) is 23.9 Å². The number of carbonyl (C=O) groups is 3. The number of hydrogen-bond acceptors (Lipinski definition) is 14. The van der Waals surface area contributed by atoms with Crippen molar-refractivity contribution in [1.82, 2.24) is 10.0 Å². The van der Waals surface area contributed by atoms with Crippen molar-refractivity contribution in [3.05, 3.63) is 59.0 Å². The second kappa shape index (κ2) is 17.4. The third kappa shape index (κ3) is 10.8. The zero-order valence-electron chi connectivity index (χ0n) is 26.6. The van der Waals surface area contributed by atoms with E-state index in [1.807, 2.05) is 0 Å². The Balaban J connectivity index is 1.49. The van der Waals surface area contributed by atoms with E-state index >= 15 is 0 Å². The summed E-state index contributed by atoms with van der Waals surface area (Å²) >= 11 is 0. The molecule has 3 aromatic rings. The Kier molecular flexibility index (Phi) is 13.3. The van der Waals surface area contributed by atoms with E-state index in [0.717, 1.165) is 17.5 Å². The maximum absolute atomic E-state index is 13.0. The van der Waals surface area contributed by atoms with Crippen LogP contribution < -0.4 is 33.8 Å². The van der Waals surface area contributed by atoms with Crippen molar-refractivity contribution < 1.29 is 66.3 Å². The number of benzene rings is 2. The molecule has 1 amide bonds. The Morgan fingerprint density at radius 2 is 1.48 bits per heavy atom. The molecule has 0 radical (unpaired) electrons. The van der Waals surface area contributed by atoms with Crippen molar-refractivity contribution in [1.29, 1.82) is 0 Å². The molecule has 2 aromatic carbocycles. The summed E-state index contributed by atoms with van der Waals surface area (Å²) in [5.41, 5.74) is 0.675. The van der Waals surface area contributed by atoms with Crippen molar-refractivity contribution in [3.63, 3.8) is 0 Å². The largest absolute Gasteiger partial charge is 0.514 e. The van der Waals surface area contributed by atoms with Gasteiger partial charge in [-0.15, -0.1) is 4.73 Å². The fraction of sp³-hybridized carbons (Fsp3) is 0.323. The Labute approximate surface area is 276 Å². The SMILES string of the molecule is COc1cc(OC)c(C=CS(=O)(=O)Cc2ccc(OC)c(OC(=O)OCCNC(=O)CCCC(=O)On3c(O)ccc3O)c2)c(OC)c1. The minimum absolute atomic E-state index is 0.0491. The molecule has 0 saturated carbocycles. The summed E-state index contributed by atoms with van der Waals surface area (Å²) in [4.78, 5) is 41.0. The molecule has 0 saturated heterocycles. The van der Waals surface area contributed by atoms with Gasteiger partial charge in [0.25, 0.3) is 0 Å². The molecule has 0 bridgehead atoms. The molecule has 0 aliphatic carbocycles. The Hall–Kier alpha value is -5.58. The van der Waals surface area contributed by atoms with E-state index in [2.05, 4.69) is 5.32 Å². The minimum atomic E-state index is -3.84. The first-order valence-electron chi connectivity index (χ1n) is 14.2. The highest BCUT2D eigenvalue weighted by Crippen LogP contribution is 2.35. The first kappa shape index (κ1) is 36.9. The molecule has 0 unspecified atom stereocenters. The number of aromatic nitrogens is 1. The molecule has 1 heterocycles. The highest BCUT2D eigenvalue weighted by atomic mass is 32.2. The van der Waals surface area contributed by atoms with Crippen LogP contribution in [-0.4, -0.2) is 83.0 Å². The van der Waals surface area contributed by atoms with Crippen LogP contribution in [0.25, 0.3) is 6.08 Å². The lowest BCUT2D eigenvalue weighted by Gasteiger charge is -2.13. The van der Waals surface area contributed by atoms with Gasteiger partial charge in [0.05, 0.1) is 46.3 Å². The molecule has 48 heavy (non-hydrogen) atoms. The number of methoxy groups -OCH3 is 4. The molecular formula is C31H36N2O14S. The molecule has 3 N–H and O–H groups in total. The van der Waals surface area contributed by atoms with Crippen molar-refractivity contribution in [2.75, 3.05) is 41.6 Å². The second-order valence-electron chi connectivity index (χ2n) is 9.75. The number of aromatic hydroxyl groups is 2. The molecule has 0 fully saturated rings. The van der Waals surface area contributed by atoms with E-state index in [1.165, 1.54) is 52.7 Å². The summed E-state index contributed by atoms with van der Waals surface area (Å²) in [6.45, 7) is -0.312. The van der Waals surface area contributed by atoms with Crippen LogP contribution in [0, 0.1) is 0 Å². The van der Waals surface area contributed by atoms with Crippen LogP contribution in [0.5, 0.6) is 40.5 Å². The fourth-order valence-corrected chi connectivity index (χ4v) is 5.19. The zero-order valence-corrected chi connectivity index (χ0v) is 27.4. The summed E-state index contributed by atoms with van der Waals surface area (Å²) in [7, 11) is 1.84. The lowest BCUT2D eigenvalue weighted by atomic mass is 10.1. The molecule has 3 rings (SSSR count). The second-order valence-corrected chi connectivity index (χ2v) is 11.6. The van der Waals surface area contributed by atoms with Crippen LogP contribution in [0.2, 0.25) is 0 Å². The molecular weight excluding hydrogens is 656 g/mol. The normalized spacial score (nSPS) is 11.1. The van der Waals surface area contributed by atoms with Crippen LogP contribution >= 0.6 is 0 Å². The highest BCUT2D eigenvalue weighted by molar-refractivity contribution is 7.93. The molecule has 0 atom stereocenters. The minimum Gasteiger partial charge on any atom is -0.496 e. The molecule has 260 valence electrons. The lowest BCUT2D eigenvalue weighted by molar-refractivity contribution is -0.145. The average Bonchev–Trinajstić information content (AvgIpc) is 3.37. The van der Waals surface area contributed by atoms with Crippen molar-refractivity contribution in [2.45, 2.75) is 25.0 Å². The van der Waals surface area contributed by atoms with Gasteiger partial charge in [0, 0.05) is 42.5 Å². The van der Waals surface area contributed by atoms with Crippen LogP contribution in [-0.2, 0) is 29.9 Å². The number of ether oxygens (including phenoxy) is 6. The topological polar surface area (TPSA) is 207 Å². The van der Waals surface area contributed by atoms with Gasteiger partial charge in [-0.05, 0) is 30.2 Å². The smallest absolute Gasteiger partial charge is 0.496 e. The average molecular weight is 693 g/mol.